The molecule has 1 aromatic carbocycles. The van der Waals surface area contributed by atoms with Crippen LogP contribution in [0.1, 0.15) is 76.1 Å². The molecule has 5 heteroatoms. The molecule has 0 aliphatic carbocycles. The van der Waals surface area contributed by atoms with Gasteiger partial charge >= 0.3 is 0 Å². The van der Waals surface area contributed by atoms with E-state index in [-0.39, 0.29) is 11.5 Å². The molecular formula is C20H30N2O2S. The second-order valence-corrected chi connectivity index (χ2v) is 7.70. The molecule has 138 valence electrons. The molecule has 0 spiro atoms. The fraction of sp³-hybridized carbons (Fsp3) is 0.600. The van der Waals surface area contributed by atoms with Gasteiger partial charge in [0.2, 0.25) is 0 Å². The summed E-state index contributed by atoms with van der Waals surface area (Å²) in [6.45, 7) is 2.26. The van der Waals surface area contributed by atoms with Crippen molar-refractivity contribution < 1.29 is 10.2 Å². The summed E-state index contributed by atoms with van der Waals surface area (Å²) in [4.78, 5) is 0. The maximum atomic E-state index is 9.90. The Morgan fingerprint density at radius 2 is 1.48 bits per heavy atom. The number of hydrogen-bond acceptors (Lipinski definition) is 5. The quantitative estimate of drug-likeness (QED) is 0.449. The maximum Gasteiger partial charge on any atom is 0.151 e. The predicted octanol–water partition coefficient (Wildman–Crippen LogP) is 6.08. The normalized spacial score (nSPS) is 11.1. The second kappa shape index (κ2) is 11.1. The highest BCUT2D eigenvalue weighted by Gasteiger charge is 2.11. The molecule has 1 heterocycles. The minimum Gasteiger partial charge on any atom is -0.508 e. The van der Waals surface area contributed by atoms with Crippen molar-refractivity contribution >= 4 is 11.3 Å². The number of phenolic OH excluding ortho intramolecular Hbond substituents is 2. The number of unbranched alkanes of at least 4 members (excludes halogenated alkanes) is 9. The summed E-state index contributed by atoms with van der Waals surface area (Å²) in [5.74, 6) is 0.0954. The van der Waals surface area contributed by atoms with Crippen LogP contribution in [0.25, 0.3) is 10.6 Å². The first-order chi connectivity index (χ1) is 12.2. The molecule has 2 aromatic rings. The van der Waals surface area contributed by atoms with Crippen molar-refractivity contribution in [1.29, 1.82) is 0 Å². The summed E-state index contributed by atoms with van der Waals surface area (Å²) in [5.41, 5.74) is 0.629. The Morgan fingerprint density at radius 1 is 0.840 bits per heavy atom. The average Bonchev–Trinajstić information content (AvgIpc) is 3.05. The molecule has 0 atom stereocenters. The summed E-state index contributed by atoms with van der Waals surface area (Å²) < 4.78 is 0. The monoisotopic (exact) mass is 362 g/mol. The molecule has 2 N–H and O–H groups in total. The molecule has 25 heavy (non-hydrogen) atoms. The van der Waals surface area contributed by atoms with E-state index >= 15 is 0 Å². The van der Waals surface area contributed by atoms with Gasteiger partial charge in [0, 0.05) is 12.5 Å². The van der Waals surface area contributed by atoms with Gasteiger partial charge in [-0.15, -0.1) is 10.2 Å². The summed E-state index contributed by atoms with van der Waals surface area (Å²) in [7, 11) is 0. The van der Waals surface area contributed by atoms with Gasteiger partial charge in [-0.3, -0.25) is 0 Å². The highest BCUT2D eigenvalue weighted by molar-refractivity contribution is 7.14. The van der Waals surface area contributed by atoms with E-state index < -0.39 is 0 Å². The van der Waals surface area contributed by atoms with E-state index in [0.717, 1.165) is 17.8 Å². The SMILES string of the molecule is CCCCCCCCCCCCc1nnc(-c2ccc(O)cc2O)s1. The summed E-state index contributed by atoms with van der Waals surface area (Å²) in [5, 5.41) is 29.4. The van der Waals surface area contributed by atoms with E-state index in [9.17, 15) is 10.2 Å². The molecular weight excluding hydrogens is 332 g/mol. The number of nitrogens with zero attached hydrogens (tertiary/aromatic N) is 2. The number of rotatable bonds is 12. The molecule has 0 unspecified atom stereocenters. The van der Waals surface area contributed by atoms with Crippen LogP contribution in [0.5, 0.6) is 11.5 Å². The van der Waals surface area contributed by atoms with Crippen molar-refractivity contribution in [3.8, 4) is 22.1 Å². The Labute approximate surface area is 155 Å². The third kappa shape index (κ3) is 7.02. The van der Waals surface area contributed by atoms with Crippen LogP contribution in [0.2, 0.25) is 0 Å². The third-order valence-corrected chi connectivity index (χ3v) is 5.44. The van der Waals surface area contributed by atoms with Crippen LogP contribution in [0, 0.1) is 0 Å². The maximum absolute atomic E-state index is 9.90. The smallest absolute Gasteiger partial charge is 0.151 e. The van der Waals surface area contributed by atoms with Crippen molar-refractivity contribution in [3.05, 3.63) is 23.2 Å². The van der Waals surface area contributed by atoms with Gasteiger partial charge in [-0.2, -0.15) is 0 Å². The highest BCUT2D eigenvalue weighted by atomic mass is 32.1. The number of aromatic hydroxyl groups is 2. The lowest BCUT2D eigenvalue weighted by atomic mass is 10.1. The van der Waals surface area contributed by atoms with E-state index in [1.807, 2.05) is 0 Å². The van der Waals surface area contributed by atoms with E-state index in [0.29, 0.717) is 10.6 Å². The third-order valence-electron chi connectivity index (χ3n) is 4.42. The van der Waals surface area contributed by atoms with Gasteiger partial charge in [-0.25, -0.2) is 0 Å². The van der Waals surface area contributed by atoms with Crippen LogP contribution < -0.4 is 0 Å². The minimum atomic E-state index is 0.0432. The largest absolute Gasteiger partial charge is 0.508 e. The van der Waals surface area contributed by atoms with E-state index in [2.05, 4.69) is 17.1 Å². The number of aryl methyl sites for hydroxylation is 1. The Balaban J connectivity index is 1.62. The van der Waals surface area contributed by atoms with Crippen LogP contribution in [-0.4, -0.2) is 20.4 Å². The predicted molar refractivity (Wildman–Crippen MR) is 104 cm³/mol. The van der Waals surface area contributed by atoms with Crippen molar-refractivity contribution in [3.63, 3.8) is 0 Å². The summed E-state index contributed by atoms with van der Waals surface area (Å²) in [6, 6.07) is 4.56. The molecule has 0 aliphatic rings. The van der Waals surface area contributed by atoms with Crippen LogP contribution in [0.3, 0.4) is 0 Å². The van der Waals surface area contributed by atoms with Crippen LogP contribution in [0.4, 0.5) is 0 Å². The number of phenols is 2. The Hall–Kier alpha value is -1.62. The molecule has 4 nitrogen and oxygen atoms in total. The highest BCUT2D eigenvalue weighted by Crippen LogP contribution is 2.33. The Kier molecular flexibility index (Phi) is 8.73. The molecule has 0 saturated carbocycles. The first-order valence-corrected chi connectivity index (χ1v) is 10.4. The van der Waals surface area contributed by atoms with Crippen molar-refractivity contribution in [1.82, 2.24) is 10.2 Å². The van der Waals surface area contributed by atoms with Gasteiger partial charge in [0.1, 0.15) is 16.5 Å². The lowest BCUT2D eigenvalue weighted by molar-refractivity contribution is 0.452. The van der Waals surface area contributed by atoms with Crippen molar-refractivity contribution in [2.45, 2.75) is 77.6 Å². The Bertz CT molecular complexity index is 628. The zero-order chi connectivity index (χ0) is 17.9. The van der Waals surface area contributed by atoms with Crippen LogP contribution >= 0.6 is 11.3 Å². The van der Waals surface area contributed by atoms with E-state index in [4.69, 9.17) is 0 Å². The molecule has 0 saturated heterocycles. The molecule has 0 fully saturated rings. The number of hydrogen-bond donors (Lipinski definition) is 2. The summed E-state index contributed by atoms with van der Waals surface area (Å²) >= 11 is 1.52. The molecule has 1 aromatic heterocycles. The first kappa shape index (κ1) is 19.7. The zero-order valence-corrected chi connectivity index (χ0v) is 16.0. The number of aromatic nitrogens is 2. The van der Waals surface area contributed by atoms with Crippen molar-refractivity contribution in [2.75, 3.05) is 0 Å². The van der Waals surface area contributed by atoms with E-state index in [1.54, 1.807) is 12.1 Å². The topological polar surface area (TPSA) is 66.2 Å². The van der Waals surface area contributed by atoms with Gasteiger partial charge in [0.25, 0.3) is 0 Å². The second-order valence-electron chi connectivity index (χ2n) is 6.63. The van der Waals surface area contributed by atoms with Gasteiger partial charge in [0.05, 0.1) is 5.56 Å². The molecule has 0 radical (unpaired) electrons. The van der Waals surface area contributed by atoms with Crippen LogP contribution in [0.15, 0.2) is 18.2 Å². The Morgan fingerprint density at radius 3 is 2.12 bits per heavy atom. The van der Waals surface area contributed by atoms with Crippen molar-refractivity contribution in [2.24, 2.45) is 0 Å². The lowest BCUT2D eigenvalue weighted by Crippen LogP contribution is -1.86. The molecule has 0 aliphatic heterocycles. The minimum absolute atomic E-state index is 0.0432. The van der Waals surface area contributed by atoms with Gasteiger partial charge in [-0.1, -0.05) is 76.0 Å². The standard InChI is InChI=1S/C20H30N2O2S/c1-2-3-4-5-6-7-8-9-10-11-12-19-21-22-20(25-19)17-14-13-16(23)15-18(17)24/h13-15,23-24H,2-12H2,1H3. The molecule has 0 amide bonds. The molecule has 0 bridgehead atoms. The fourth-order valence-electron chi connectivity index (χ4n) is 2.93. The lowest BCUT2D eigenvalue weighted by Gasteiger charge is -2.01. The molecule has 2 rings (SSSR count). The van der Waals surface area contributed by atoms with Crippen LogP contribution in [-0.2, 0) is 6.42 Å². The summed E-state index contributed by atoms with van der Waals surface area (Å²) in [6.07, 6.45) is 14.2. The van der Waals surface area contributed by atoms with Gasteiger partial charge < -0.3 is 10.2 Å². The zero-order valence-electron chi connectivity index (χ0n) is 15.2. The fourth-order valence-corrected chi connectivity index (χ4v) is 3.84. The van der Waals surface area contributed by atoms with E-state index in [1.165, 1.54) is 75.2 Å². The van der Waals surface area contributed by atoms with Gasteiger partial charge in [-0.05, 0) is 18.6 Å². The number of benzene rings is 1. The van der Waals surface area contributed by atoms with Gasteiger partial charge in [0.15, 0.2) is 5.01 Å². The first-order valence-electron chi connectivity index (χ1n) is 9.55. The average molecular weight is 363 g/mol.